The molecule has 0 saturated carbocycles. The fourth-order valence-corrected chi connectivity index (χ4v) is 3.78. The van der Waals surface area contributed by atoms with Gasteiger partial charge in [-0.15, -0.1) is 0 Å². The van der Waals surface area contributed by atoms with Gasteiger partial charge in [0.2, 0.25) is 5.91 Å². The molecule has 0 fully saturated rings. The number of rotatable bonds is 5. The number of benzene rings is 2. The maximum atomic E-state index is 12.3. The molecule has 0 bridgehead atoms. The van der Waals surface area contributed by atoms with Crippen LogP contribution in [0.4, 0.5) is 5.69 Å². The van der Waals surface area contributed by atoms with Gasteiger partial charge in [0.15, 0.2) is 5.16 Å². The van der Waals surface area contributed by atoms with Crippen LogP contribution in [0.15, 0.2) is 53.8 Å². The van der Waals surface area contributed by atoms with E-state index in [0.29, 0.717) is 20.9 Å². The topological polar surface area (TPSA) is 46.9 Å². The molecule has 0 spiro atoms. The van der Waals surface area contributed by atoms with E-state index in [-0.39, 0.29) is 11.7 Å². The molecule has 0 atom stereocenters. The van der Waals surface area contributed by atoms with E-state index in [2.05, 4.69) is 10.3 Å². The van der Waals surface area contributed by atoms with E-state index < -0.39 is 0 Å². The highest BCUT2D eigenvalue weighted by Crippen LogP contribution is 2.28. The van der Waals surface area contributed by atoms with Gasteiger partial charge < -0.3 is 5.32 Å². The third-order valence-electron chi connectivity index (χ3n) is 3.64. The average molecular weight is 406 g/mol. The minimum absolute atomic E-state index is 0.148. The molecule has 0 unspecified atom stereocenters. The fourth-order valence-electron chi connectivity index (χ4n) is 2.44. The van der Waals surface area contributed by atoms with Crippen LogP contribution in [0.5, 0.6) is 0 Å². The summed E-state index contributed by atoms with van der Waals surface area (Å²) in [6.45, 7) is 3.90. The Hall–Kier alpha value is -1.95. The van der Waals surface area contributed by atoms with Crippen LogP contribution in [0.2, 0.25) is 10.0 Å². The number of carbonyl (C=O) groups is 1. The Morgan fingerprint density at radius 3 is 2.65 bits per heavy atom. The molecule has 1 amide bonds. The number of amides is 1. The highest BCUT2D eigenvalue weighted by molar-refractivity contribution is 7.99. The molecule has 1 N–H and O–H groups in total. The lowest BCUT2D eigenvalue weighted by Crippen LogP contribution is -2.14. The zero-order chi connectivity index (χ0) is 18.7. The van der Waals surface area contributed by atoms with Gasteiger partial charge in [-0.3, -0.25) is 9.36 Å². The van der Waals surface area contributed by atoms with Crippen LogP contribution >= 0.6 is 35.0 Å². The summed E-state index contributed by atoms with van der Waals surface area (Å²) in [5.41, 5.74) is 3.38. The second-order valence-electron chi connectivity index (χ2n) is 5.81. The molecule has 4 nitrogen and oxygen atoms in total. The molecule has 1 heterocycles. The molecule has 0 radical (unpaired) electrons. The van der Waals surface area contributed by atoms with Crippen LogP contribution in [0, 0.1) is 13.8 Å². The number of anilines is 1. The summed E-state index contributed by atoms with van der Waals surface area (Å²) in [6.07, 6.45) is 1.91. The number of hydrogen-bond donors (Lipinski definition) is 1. The van der Waals surface area contributed by atoms with Crippen LogP contribution in [-0.2, 0) is 4.79 Å². The van der Waals surface area contributed by atoms with Crippen molar-refractivity contribution in [1.82, 2.24) is 9.55 Å². The van der Waals surface area contributed by atoms with Crippen LogP contribution in [0.25, 0.3) is 5.69 Å². The minimum atomic E-state index is -0.148. The fraction of sp³-hybridized carbons (Fsp3) is 0.158. The van der Waals surface area contributed by atoms with Crippen molar-refractivity contribution >= 4 is 46.6 Å². The molecule has 134 valence electrons. The smallest absolute Gasteiger partial charge is 0.234 e. The number of carbonyl (C=O) groups excluding carboxylic acids is 1. The predicted octanol–water partition coefficient (Wildman–Crippen LogP) is 5.53. The molecule has 3 rings (SSSR count). The van der Waals surface area contributed by atoms with Crippen molar-refractivity contribution in [2.75, 3.05) is 11.1 Å². The summed E-state index contributed by atoms with van der Waals surface area (Å²) in [6, 6.07) is 13.0. The number of nitrogens with one attached hydrogen (secondary N) is 1. The molecule has 7 heteroatoms. The third-order valence-corrected chi connectivity index (χ3v) is 5.22. The lowest BCUT2D eigenvalue weighted by Gasteiger charge is -2.10. The Morgan fingerprint density at radius 1 is 1.15 bits per heavy atom. The maximum absolute atomic E-state index is 12.3. The van der Waals surface area contributed by atoms with Gasteiger partial charge in [0, 0.05) is 6.20 Å². The van der Waals surface area contributed by atoms with Gasteiger partial charge in [0.05, 0.1) is 32.9 Å². The van der Waals surface area contributed by atoms with Gasteiger partial charge in [-0.2, -0.15) is 0 Å². The number of thioether (sulfide) groups is 1. The largest absolute Gasteiger partial charge is 0.324 e. The lowest BCUT2D eigenvalue weighted by atomic mass is 10.2. The van der Waals surface area contributed by atoms with Crippen molar-refractivity contribution in [3.8, 4) is 5.69 Å². The first-order valence-electron chi connectivity index (χ1n) is 7.94. The summed E-state index contributed by atoms with van der Waals surface area (Å²) in [4.78, 5) is 16.8. The minimum Gasteiger partial charge on any atom is -0.324 e. The Kier molecular flexibility index (Phi) is 5.91. The molecule has 0 aliphatic carbocycles. The molecular weight excluding hydrogens is 389 g/mol. The summed E-state index contributed by atoms with van der Waals surface area (Å²) >= 11 is 13.8. The SMILES string of the molecule is Cc1ccc(-n2cc(C)nc2SCC(=O)Nc2ccccc2Cl)c(Cl)c1. The van der Waals surface area contributed by atoms with Gasteiger partial charge in [-0.05, 0) is 43.7 Å². The van der Waals surface area contributed by atoms with E-state index >= 15 is 0 Å². The number of imidazole rings is 1. The molecule has 1 aromatic heterocycles. The van der Waals surface area contributed by atoms with E-state index in [1.807, 2.05) is 54.9 Å². The standard InChI is InChI=1S/C19H17Cl2N3OS/c1-12-7-8-17(15(21)9-12)24-10-13(2)22-19(24)26-11-18(25)23-16-6-4-3-5-14(16)20/h3-10H,11H2,1-2H3,(H,23,25). The van der Waals surface area contributed by atoms with Crippen LogP contribution in [0.1, 0.15) is 11.3 Å². The van der Waals surface area contributed by atoms with Crippen LogP contribution in [0.3, 0.4) is 0 Å². The molecular formula is C19H17Cl2N3OS. The normalized spacial score (nSPS) is 10.8. The first-order valence-corrected chi connectivity index (χ1v) is 9.68. The highest BCUT2D eigenvalue weighted by atomic mass is 35.5. The quantitative estimate of drug-likeness (QED) is 0.567. The first-order chi connectivity index (χ1) is 12.4. The van der Waals surface area contributed by atoms with Crippen molar-refractivity contribution in [3.05, 3.63) is 70.0 Å². The molecule has 2 aromatic carbocycles. The van der Waals surface area contributed by atoms with Crippen LogP contribution < -0.4 is 5.32 Å². The number of hydrogen-bond acceptors (Lipinski definition) is 3. The molecule has 0 aliphatic rings. The van der Waals surface area contributed by atoms with Gasteiger partial charge in [-0.1, -0.05) is 53.2 Å². The molecule has 0 aliphatic heterocycles. The average Bonchev–Trinajstić information content (AvgIpc) is 2.95. The Bertz CT molecular complexity index is 956. The molecule has 3 aromatic rings. The number of aryl methyl sites for hydroxylation is 2. The Morgan fingerprint density at radius 2 is 1.92 bits per heavy atom. The predicted molar refractivity (Wildman–Crippen MR) is 109 cm³/mol. The van der Waals surface area contributed by atoms with Crippen LogP contribution in [-0.4, -0.2) is 21.2 Å². The van der Waals surface area contributed by atoms with Gasteiger partial charge >= 0.3 is 0 Å². The van der Waals surface area contributed by atoms with E-state index in [4.69, 9.17) is 23.2 Å². The van der Waals surface area contributed by atoms with E-state index in [1.165, 1.54) is 11.8 Å². The number of para-hydroxylation sites is 1. The zero-order valence-corrected chi connectivity index (χ0v) is 16.6. The van der Waals surface area contributed by atoms with Gasteiger partial charge in [0.25, 0.3) is 0 Å². The van der Waals surface area contributed by atoms with Crippen molar-refractivity contribution in [3.63, 3.8) is 0 Å². The van der Waals surface area contributed by atoms with E-state index in [1.54, 1.807) is 12.1 Å². The molecule has 26 heavy (non-hydrogen) atoms. The monoisotopic (exact) mass is 405 g/mol. The van der Waals surface area contributed by atoms with Gasteiger partial charge in [0.1, 0.15) is 0 Å². The van der Waals surface area contributed by atoms with Crippen molar-refractivity contribution in [2.24, 2.45) is 0 Å². The third kappa shape index (κ3) is 4.41. The molecule has 0 saturated heterocycles. The first kappa shape index (κ1) is 18.8. The number of aromatic nitrogens is 2. The van der Waals surface area contributed by atoms with E-state index in [0.717, 1.165) is 16.9 Å². The number of nitrogens with zero attached hydrogens (tertiary/aromatic N) is 2. The zero-order valence-electron chi connectivity index (χ0n) is 14.3. The van der Waals surface area contributed by atoms with Gasteiger partial charge in [-0.25, -0.2) is 4.98 Å². The van der Waals surface area contributed by atoms with Crippen molar-refractivity contribution in [2.45, 2.75) is 19.0 Å². The Labute approximate surface area is 166 Å². The number of halogens is 2. The Balaban J connectivity index is 1.74. The summed E-state index contributed by atoms with van der Waals surface area (Å²) in [7, 11) is 0. The lowest BCUT2D eigenvalue weighted by molar-refractivity contribution is -0.113. The highest BCUT2D eigenvalue weighted by Gasteiger charge is 2.14. The maximum Gasteiger partial charge on any atom is 0.234 e. The van der Waals surface area contributed by atoms with E-state index in [9.17, 15) is 4.79 Å². The second-order valence-corrected chi connectivity index (χ2v) is 7.56. The second kappa shape index (κ2) is 8.16. The summed E-state index contributed by atoms with van der Waals surface area (Å²) < 4.78 is 1.91. The van der Waals surface area contributed by atoms with Crippen molar-refractivity contribution in [1.29, 1.82) is 0 Å². The summed E-state index contributed by atoms with van der Waals surface area (Å²) in [5, 5.41) is 4.67. The van der Waals surface area contributed by atoms with Crippen molar-refractivity contribution < 1.29 is 4.79 Å². The summed E-state index contributed by atoms with van der Waals surface area (Å²) in [5.74, 6) is 0.0656.